The van der Waals surface area contributed by atoms with Gasteiger partial charge >= 0.3 is 0 Å². The van der Waals surface area contributed by atoms with Crippen LogP contribution in [0.25, 0.3) is 0 Å². The molecule has 0 saturated heterocycles. The average molecular weight is 427 g/mol. The molecule has 0 heterocycles. The van der Waals surface area contributed by atoms with Crippen LogP contribution >= 0.6 is 0 Å². The third-order valence-corrected chi connectivity index (χ3v) is 4.84. The molecule has 0 saturated carbocycles. The van der Waals surface area contributed by atoms with Crippen LogP contribution in [0.3, 0.4) is 0 Å². The predicted octanol–water partition coefficient (Wildman–Crippen LogP) is 3.24. The number of nitrogens with zero attached hydrogens (tertiary/aromatic N) is 2. The van der Waals surface area contributed by atoms with Crippen LogP contribution in [0.15, 0.2) is 52.8 Å². The van der Waals surface area contributed by atoms with Crippen LogP contribution in [0.4, 0.5) is 0 Å². The maximum atomic E-state index is 12.3. The first-order valence-electron chi connectivity index (χ1n) is 9.86. The Bertz CT molecular complexity index is 956. The van der Waals surface area contributed by atoms with E-state index in [9.17, 15) is 4.79 Å². The normalized spacial score (nSPS) is 13.0. The number of oxime groups is 2. The van der Waals surface area contributed by atoms with E-state index < -0.39 is 6.04 Å². The van der Waals surface area contributed by atoms with Crippen molar-refractivity contribution in [3.63, 3.8) is 0 Å². The third-order valence-electron chi connectivity index (χ3n) is 4.84. The molecule has 8 nitrogen and oxygen atoms in total. The highest BCUT2D eigenvalue weighted by Crippen LogP contribution is 2.23. The summed E-state index contributed by atoms with van der Waals surface area (Å²) in [7, 11) is 4.58. The number of aryl methyl sites for hydroxylation is 1. The second kappa shape index (κ2) is 11.8. The van der Waals surface area contributed by atoms with Gasteiger partial charge in [-0.3, -0.25) is 4.79 Å². The highest BCUT2D eigenvalue weighted by Gasteiger charge is 2.23. The van der Waals surface area contributed by atoms with Crippen LogP contribution in [-0.2, 0) is 25.9 Å². The topological polar surface area (TPSA) is 93.5 Å². The van der Waals surface area contributed by atoms with Gasteiger partial charge in [0.15, 0.2) is 0 Å². The van der Waals surface area contributed by atoms with Crippen LogP contribution in [0.5, 0.6) is 0 Å². The van der Waals surface area contributed by atoms with E-state index in [0.717, 1.165) is 39.2 Å². The fourth-order valence-corrected chi connectivity index (χ4v) is 3.12. The molecule has 1 atom stereocenters. The summed E-state index contributed by atoms with van der Waals surface area (Å²) in [4.78, 5) is 27.9. The van der Waals surface area contributed by atoms with Crippen molar-refractivity contribution in [1.82, 2.24) is 10.8 Å². The van der Waals surface area contributed by atoms with Crippen molar-refractivity contribution in [2.24, 2.45) is 10.3 Å². The van der Waals surface area contributed by atoms with Crippen LogP contribution < -0.4 is 10.8 Å². The molecule has 31 heavy (non-hydrogen) atoms. The van der Waals surface area contributed by atoms with Crippen LogP contribution in [0, 0.1) is 6.92 Å². The molecule has 2 aromatic rings. The lowest BCUT2D eigenvalue weighted by Crippen LogP contribution is -2.36. The molecule has 2 aromatic carbocycles. The van der Waals surface area contributed by atoms with E-state index in [1.165, 1.54) is 14.2 Å². The number of rotatable bonds is 10. The minimum absolute atomic E-state index is 0.210. The Balaban J connectivity index is 2.23. The fourth-order valence-electron chi connectivity index (χ4n) is 3.12. The zero-order valence-electron chi connectivity index (χ0n) is 18.9. The van der Waals surface area contributed by atoms with Crippen molar-refractivity contribution in [2.75, 3.05) is 21.3 Å². The van der Waals surface area contributed by atoms with Gasteiger partial charge in [-0.2, -0.15) is 5.48 Å². The lowest BCUT2D eigenvalue weighted by molar-refractivity contribution is -0.126. The van der Waals surface area contributed by atoms with Crippen molar-refractivity contribution in [3.8, 4) is 0 Å². The van der Waals surface area contributed by atoms with Gasteiger partial charge in [-0.05, 0) is 49.1 Å². The maximum Gasteiger partial charge on any atom is 0.243 e. The molecule has 0 fully saturated rings. The van der Waals surface area contributed by atoms with Crippen LogP contribution in [0.2, 0.25) is 0 Å². The zero-order chi connectivity index (χ0) is 22.8. The molecular formula is C23H30N4O4. The number of hydrogen-bond acceptors (Lipinski definition) is 7. The quantitative estimate of drug-likeness (QED) is 0.449. The molecule has 2 rings (SSSR count). The SMILES string of the molecule is CNC(=O)C(NOC)c1cccc(C)c1CO/N=C(\C)c1cccc(/C(C)=N/OC)c1. The zero-order valence-corrected chi connectivity index (χ0v) is 18.9. The molecule has 1 amide bonds. The van der Waals surface area contributed by atoms with Gasteiger partial charge in [-0.15, -0.1) is 0 Å². The van der Waals surface area contributed by atoms with Gasteiger partial charge in [0, 0.05) is 12.6 Å². The summed E-state index contributed by atoms with van der Waals surface area (Å²) in [5.41, 5.74) is 8.72. The molecule has 8 heteroatoms. The summed E-state index contributed by atoms with van der Waals surface area (Å²) in [6.07, 6.45) is 0. The molecule has 0 bridgehead atoms. The minimum Gasteiger partial charge on any atom is -0.399 e. The highest BCUT2D eigenvalue weighted by molar-refractivity contribution is 6.03. The van der Waals surface area contributed by atoms with E-state index in [-0.39, 0.29) is 12.5 Å². The number of hydroxylamine groups is 1. The number of carbonyl (C=O) groups is 1. The Kier molecular flexibility index (Phi) is 9.17. The second-order valence-corrected chi connectivity index (χ2v) is 6.90. The molecule has 0 aliphatic carbocycles. The van der Waals surface area contributed by atoms with Crippen LogP contribution in [0.1, 0.15) is 47.7 Å². The number of benzene rings is 2. The van der Waals surface area contributed by atoms with Crippen molar-refractivity contribution in [3.05, 3.63) is 70.3 Å². The van der Waals surface area contributed by atoms with Gasteiger partial charge in [0.1, 0.15) is 19.8 Å². The molecule has 0 aromatic heterocycles. The molecule has 1 unspecified atom stereocenters. The van der Waals surface area contributed by atoms with E-state index in [1.54, 1.807) is 7.05 Å². The summed E-state index contributed by atoms with van der Waals surface area (Å²) in [6, 6.07) is 12.9. The van der Waals surface area contributed by atoms with Crippen molar-refractivity contribution in [1.29, 1.82) is 0 Å². The van der Waals surface area contributed by atoms with E-state index in [2.05, 4.69) is 21.1 Å². The first kappa shape index (κ1) is 24.0. The van der Waals surface area contributed by atoms with Crippen molar-refractivity contribution >= 4 is 17.3 Å². The Labute approximate surface area is 183 Å². The number of nitrogens with one attached hydrogen (secondary N) is 2. The Morgan fingerprint density at radius 1 is 1.03 bits per heavy atom. The molecule has 0 aliphatic heterocycles. The number of amides is 1. The Morgan fingerprint density at radius 2 is 1.68 bits per heavy atom. The fraction of sp³-hybridized carbons (Fsp3) is 0.348. The third kappa shape index (κ3) is 6.37. The van der Waals surface area contributed by atoms with E-state index in [1.807, 2.05) is 63.2 Å². The van der Waals surface area contributed by atoms with Crippen LogP contribution in [-0.4, -0.2) is 38.6 Å². The smallest absolute Gasteiger partial charge is 0.243 e. The van der Waals surface area contributed by atoms with E-state index in [0.29, 0.717) is 0 Å². The summed E-state index contributed by atoms with van der Waals surface area (Å²) >= 11 is 0. The lowest BCUT2D eigenvalue weighted by atomic mass is 9.96. The molecule has 0 spiro atoms. The standard InChI is InChI=1S/C23H30N4O4/c1-15-9-7-12-20(22(27-30-6)23(28)24-4)21(15)14-31-26-17(3)19-11-8-10-18(13-19)16(2)25-29-5/h7-13,22,27H,14H2,1-6H3,(H,24,28)/b25-16+,26-17+. The van der Waals surface area contributed by atoms with Gasteiger partial charge in [0.05, 0.1) is 18.5 Å². The molecule has 0 radical (unpaired) electrons. The first-order chi connectivity index (χ1) is 14.9. The van der Waals surface area contributed by atoms with Gasteiger partial charge in [-0.25, -0.2) is 0 Å². The predicted molar refractivity (Wildman–Crippen MR) is 121 cm³/mol. The number of likely N-dealkylation sites (N-methyl/N-ethyl adjacent to an activating group) is 1. The first-order valence-corrected chi connectivity index (χ1v) is 9.86. The van der Waals surface area contributed by atoms with Gasteiger partial charge < -0.3 is 19.8 Å². The monoisotopic (exact) mass is 426 g/mol. The highest BCUT2D eigenvalue weighted by atomic mass is 16.6. The summed E-state index contributed by atoms with van der Waals surface area (Å²) < 4.78 is 0. The minimum atomic E-state index is -0.668. The molecule has 0 aliphatic rings. The van der Waals surface area contributed by atoms with Gasteiger partial charge in [-0.1, -0.05) is 46.7 Å². The van der Waals surface area contributed by atoms with E-state index >= 15 is 0 Å². The summed E-state index contributed by atoms with van der Waals surface area (Å²) in [5, 5.41) is 10.9. The summed E-state index contributed by atoms with van der Waals surface area (Å²) in [5.74, 6) is -0.210. The van der Waals surface area contributed by atoms with Crippen molar-refractivity contribution < 1.29 is 19.3 Å². The van der Waals surface area contributed by atoms with E-state index in [4.69, 9.17) is 14.5 Å². The second-order valence-electron chi connectivity index (χ2n) is 6.90. The van der Waals surface area contributed by atoms with Gasteiger partial charge in [0.2, 0.25) is 5.91 Å². The number of hydrogen-bond donors (Lipinski definition) is 2. The Morgan fingerprint density at radius 3 is 2.29 bits per heavy atom. The number of carbonyl (C=O) groups excluding carboxylic acids is 1. The maximum absolute atomic E-state index is 12.3. The lowest BCUT2D eigenvalue weighted by Gasteiger charge is -2.20. The summed E-state index contributed by atoms with van der Waals surface area (Å²) in [6.45, 7) is 5.93. The largest absolute Gasteiger partial charge is 0.399 e. The average Bonchev–Trinajstić information content (AvgIpc) is 2.78. The van der Waals surface area contributed by atoms with Gasteiger partial charge in [0.25, 0.3) is 0 Å². The Hall–Kier alpha value is -3.23. The molecular weight excluding hydrogens is 396 g/mol. The van der Waals surface area contributed by atoms with Crippen molar-refractivity contribution in [2.45, 2.75) is 33.4 Å². The molecule has 2 N–H and O–H groups in total. The molecule has 166 valence electrons.